The Labute approximate surface area is 483 Å². The van der Waals surface area contributed by atoms with Gasteiger partial charge in [-0.15, -0.1) is 0 Å². The van der Waals surface area contributed by atoms with Crippen LogP contribution in [0.1, 0.15) is 131 Å². The first-order valence-electron chi connectivity index (χ1n) is 29.5. The number of likely N-dealkylation sites (tertiary alicyclic amines) is 2. The maximum atomic E-state index is 14.3. The third-order valence-electron chi connectivity index (χ3n) is 15.3. The summed E-state index contributed by atoms with van der Waals surface area (Å²) < 4.78 is 0. The van der Waals surface area contributed by atoms with E-state index in [1.54, 1.807) is 27.7 Å². The van der Waals surface area contributed by atoms with Gasteiger partial charge in [-0.05, 0) is 112 Å². The lowest BCUT2D eigenvalue weighted by Crippen LogP contribution is -2.60. The van der Waals surface area contributed by atoms with Crippen molar-refractivity contribution in [3.05, 3.63) is 71.8 Å². The third-order valence-corrected chi connectivity index (χ3v) is 15.3. The molecule has 3 heterocycles. The highest BCUT2D eigenvalue weighted by molar-refractivity contribution is 5.98. The summed E-state index contributed by atoms with van der Waals surface area (Å²) in [4.78, 5) is 143. The van der Waals surface area contributed by atoms with Crippen LogP contribution in [0.15, 0.2) is 60.7 Å². The first kappa shape index (κ1) is 65.9. The van der Waals surface area contributed by atoms with Gasteiger partial charge in [0.25, 0.3) is 0 Å². The van der Waals surface area contributed by atoms with Crippen molar-refractivity contribution < 1.29 is 47.9 Å². The minimum Gasteiger partial charge on any atom is -0.354 e. The summed E-state index contributed by atoms with van der Waals surface area (Å²) in [6.45, 7) is 15.2. The lowest BCUT2D eigenvalue weighted by molar-refractivity contribution is -0.141. The van der Waals surface area contributed by atoms with E-state index >= 15 is 0 Å². The molecule has 2 aromatic carbocycles. The first-order chi connectivity index (χ1) is 38.9. The Morgan fingerprint density at radius 3 is 1.20 bits per heavy atom. The number of hydrogen-bond acceptors (Lipinski definition) is 12. The number of nitrogens with zero attached hydrogens (tertiary/aromatic N) is 2. The highest BCUT2D eigenvalue weighted by atomic mass is 16.2. The van der Waals surface area contributed by atoms with Gasteiger partial charge < -0.3 is 63.8 Å². The molecule has 10 atom stereocenters. The van der Waals surface area contributed by atoms with Crippen LogP contribution in [0.2, 0.25) is 0 Å². The molecule has 0 bridgehead atoms. The molecule has 22 heteroatoms. The highest BCUT2D eigenvalue weighted by Gasteiger charge is 2.41. The molecule has 0 spiro atoms. The molecule has 0 aromatic heterocycles. The standard InChI is InChI=1S/C60H92N12O10/c1-35(2)31-45-51(73)63-27-15-24-44(66-58(80)50(38(7)8)70-56(78)48-26-18-30-72(48)60(82)42(62)34-40-21-13-10-14-22-40)54(76)68-46(32-36(3)4)52(74)64-28-16-23-43(53(75)67-45)65-57(79)49(37(5)6)69-55(77)47-25-17-29-71(47)59(81)41(61)33-39-19-11-9-12-20-39/h9-14,19-22,35-38,41-50H,15-18,23-34,61-62H2,1-8H3,(H,63,73)(H,64,74)(H,65,79)(H,66,80)(H,67,75)(H,68,76)(H,69,77)(H,70,78)/t41-,42-,43+,44+,45+,46+,47+,48+,49+,50+/m1/s1. The Morgan fingerprint density at radius 1 is 0.512 bits per heavy atom. The zero-order chi connectivity index (χ0) is 60.2. The predicted molar refractivity (Wildman–Crippen MR) is 310 cm³/mol. The van der Waals surface area contributed by atoms with Crippen molar-refractivity contribution in [3.8, 4) is 0 Å². The normalized spacial score (nSPS) is 23.1. The molecule has 12 N–H and O–H groups in total. The monoisotopic (exact) mass is 1140 g/mol. The van der Waals surface area contributed by atoms with E-state index in [4.69, 9.17) is 11.5 Å². The fourth-order valence-electron chi connectivity index (χ4n) is 10.8. The molecular weight excluding hydrogens is 1050 g/mol. The average molecular weight is 1140 g/mol. The number of carbonyl (C=O) groups excluding carboxylic acids is 10. The highest BCUT2D eigenvalue weighted by Crippen LogP contribution is 2.22. The van der Waals surface area contributed by atoms with Crippen LogP contribution in [0.3, 0.4) is 0 Å². The lowest BCUT2D eigenvalue weighted by atomic mass is 9.99. The second-order valence-corrected chi connectivity index (χ2v) is 23.8. The van der Waals surface area contributed by atoms with Crippen LogP contribution in [0.5, 0.6) is 0 Å². The summed E-state index contributed by atoms with van der Waals surface area (Å²) in [5, 5.41) is 22.7. The molecular formula is C60H92N12O10. The number of amides is 10. The molecule has 0 unspecified atom stereocenters. The second-order valence-electron chi connectivity index (χ2n) is 23.8. The molecule has 3 fully saturated rings. The second kappa shape index (κ2) is 32.0. The van der Waals surface area contributed by atoms with Gasteiger partial charge in [-0.1, -0.05) is 116 Å². The van der Waals surface area contributed by atoms with Crippen LogP contribution in [-0.4, -0.2) is 155 Å². The topological polar surface area (TPSA) is 325 Å². The van der Waals surface area contributed by atoms with E-state index in [-0.39, 0.29) is 88.1 Å². The van der Waals surface area contributed by atoms with Crippen LogP contribution >= 0.6 is 0 Å². The quantitative estimate of drug-likeness (QED) is 0.0896. The van der Waals surface area contributed by atoms with E-state index in [1.165, 1.54) is 9.80 Å². The molecule has 22 nitrogen and oxygen atoms in total. The van der Waals surface area contributed by atoms with Crippen molar-refractivity contribution in [2.75, 3.05) is 26.2 Å². The van der Waals surface area contributed by atoms with Gasteiger partial charge in [0.2, 0.25) is 59.1 Å². The number of hydrogen-bond donors (Lipinski definition) is 10. The van der Waals surface area contributed by atoms with Gasteiger partial charge in [-0.25, -0.2) is 0 Å². The predicted octanol–water partition coefficient (Wildman–Crippen LogP) is 1.23. The fourth-order valence-corrected chi connectivity index (χ4v) is 10.8. The Balaban J connectivity index is 1.29. The van der Waals surface area contributed by atoms with E-state index in [1.807, 2.05) is 88.4 Å². The van der Waals surface area contributed by atoms with Gasteiger partial charge in [-0.3, -0.25) is 47.9 Å². The number of nitrogens with two attached hydrogens (primary N) is 2. The summed E-state index contributed by atoms with van der Waals surface area (Å²) in [5.41, 5.74) is 14.5. The Hall–Kier alpha value is -6.94. The van der Waals surface area contributed by atoms with Crippen molar-refractivity contribution in [2.45, 2.75) is 193 Å². The fraction of sp³-hybridized carbons (Fsp3) is 0.633. The Morgan fingerprint density at radius 2 is 0.866 bits per heavy atom. The van der Waals surface area contributed by atoms with Crippen LogP contribution in [0.4, 0.5) is 0 Å². The maximum absolute atomic E-state index is 14.3. The van der Waals surface area contributed by atoms with Crippen molar-refractivity contribution in [1.82, 2.24) is 52.3 Å². The van der Waals surface area contributed by atoms with Gasteiger partial charge in [-0.2, -0.15) is 0 Å². The van der Waals surface area contributed by atoms with E-state index < -0.39 is 120 Å². The SMILES string of the molecule is CC(C)C[C@@H]1NC(=O)[C@@H](NC(=O)[C@@H](NC(=O)[C@@H]2CCCN2C(=O)[C@H](N)Cc2ccccc2)C(C)C)CCCNC(=O)[C@H](CC(C)C)NC(=O)[C@@H](NC(=O)[C@@H](NC(=O)[C@@H]2CCCN2C(=O)[C@H](N)Cc2ccccc2)C(C)C)CCCNC1=O. The van der Waals surface area contributed by atoms with Crippen LogP contribution < -0.4 is 54.0 Å². The van der Waals surface area contributed by atoms with E-state index in [2.05, 4.69) is 42.5 Å². The first-order valence-corrected chi connectivity index (χ1v) is 29.5. The summed E-state index contributed by atoms with van der Waals surface area (Å²) in [7, 11) is 0. The summed E-state index contributed by atoms with van der Waals surface area (Å²) in [5.74, 6) is -6.54. The van der Waals surface area contributed by atoms with Gasteiger partial charge in [0.05, 0.1) is 12.1 Å². The Kier molecular flexibility index (Phi) is 25.7. The van der Waals surface area contributed by atoms with E-state index in [9.17, 15) is 47.9 Å². The number of nitrogens with one attached hydrogen (secondary N) is 8. The maximum Gasteiger partial charge on any atom is 0.243 e. The molecule has 82 heavy (non-hydrogen) atoms. The number of benzene rings is 2. The molecule has 2 aromatic rings. The molecule has 452 valence electrons. The largest absolute Gasteiger partial charge is 0.354 e. The van der Waals surface area contributed by atoms with Crippen LogP contribution in [-0.2, 0) is 60.8 Å². The average Bonchev–Trinajstić information content (AvgIpc) is 4.22. The van der Waals surface area contributed by atoms with Gasteiger partial charge >= 0.3 is 0 Å². The molecule has 3 saturated heterocycles. The van der Waals surface area contributed by atoms with E-state index in [0.29, 0.717) is 38.8 Å². The minimum atomic E-state index is -1.22. The van der Waals surface area contributed by atoms with Gasteiger partial charge in [0, 0.05) is 26.2 Å². The summed E-state index contributed by atoms with van der Waals surface area (Å²) >= 11 is 0. The van der Waals surface area contributed by atoms with Crippen molar-refractivity contribution in [2.24, 2.45) is 35.1 Å². The zero-order valence-electron chi connectivity index (χ0n) is 49.3. The third kappa shape index (κ3) is 19.6. The minimum absolute atomic E-state index is 0.00338. The summed E-state index contributed by atoms with van der Waals surface area (Å²) in [6, 6.07) is 8.38. The zero-order valence-corrected chi connectivity index (χ0v) is 49.3. The van der Waals surface area contributed by atoms with Crippen molar-refractivity contribution in [3.63, 3.8) is 0 Å². The molecule has 0 aliphatic carbocycles. The molecule has 5 rings (SSSR count). The molecule has 0 saturated carbocycles. The molecule has 3 aliphatic heterocycles. The number of carbonyl (C=O) groups is 10. The van der Waals surface area contributed by atoms with Gasteiger partial charge in [0.1, 0.15) is 48.3 Å². The molecule has 3 aliphatic rings. The summed E-state index contributed by atoms with van der Waals surface area (Å²) in [6.07, 6.45) is 3.19. The molecule has 0 radical (unpaired) electrons. The van der Waals surface area contributed by atoms with Crippen molar-refractivity contribution in [1.29, 1.82) is 0 Å². The Bertz CT molecular complexity index is 2330. The molecule has 10 amide bonds. The van der Waals surface area contributed by atoms with E-state index in [0.717, 1.165) is 11.1 Å². The van der Waals surface area contributed by atoms with Crippen molar-refractivity contribution >= 4 is 59.1 Å². The van der Waals surface area contributed by atoms with Crippen LogP contribution in [0.25, 0.3) is 0 Å². The smallest absolute Gasteiger partial charge is 0.243 e. The van der Waals surface area contributed by atoms with Crippen LogP contribution in [0, 0.1) is 23.7 Å². The van der Waals surface area contributed by atoms with Gasteiger partial charge in [0.15, 0.2) is 0 Å². The number of rotatable bonds is 20. The lowest BCUT2D eigenvalue weighted by Gasteiger charge is -2.31.